The Kier molecular flexibility index (Phi) is 7.62. The van der Waals surface area contributed by atoms with E-state index < -0.39 is 79.9 Å². The number of carbonyl (C=O) groups excluding carboxylic acids is 4. The molecule has 1 N–H and O–H groups in total. The Morgan fingerprint density at radius 2 is 1.41 bits per heavy atom. The number of carbonyl (C=O) groups is 4. The first-order chi connectivity index (χ1) is 24.1. The summed E-state index contributed by atoms with van der Waals surface area (Å²) in [6, 6.07) is 14.2. The van der Waals surface area contributed by atoms with Gasteiger partial charge in [-0.15, -0.1) is 0 Å². The molecular weight excluding hydrogens is 658 g/mol. The normalized spacial score (nSPS) is 26.8. The number of anilines is 3. The summed E-state index contributed by atoms with van der Waals surface area (Å²) >= 11 is 0. The maximum absolute atomic E-state index is 14.6. The summed E-state index contributed by atoms with van der Waals surface area (Å²) in [7, 11) is 2.84. The average molecular weight is 694 g/mol. The van der Waals surface area contributed by atoms with Gasteiger partial charge >= 0.3 is 11.4 Å². The lowest BCUT2D eigenvalue weighted by Crippen LogP contribution is -2.49. The van der Waals surface area contributed by atoms with Gasteiger partial charge in [-0.05, 0) is 68.4 Å². The van der Waals surface area contributed by atoms with Crippen molar-refractivity contribution < 1.29 is 34.1 Å². The van der Waals surface area contributed by atoms with Gasteiger partial charge in [-0.1, -0.05) is 42.0 Å². The van der Waals surface area contributed by atoms with Gasteiger partial charge in [0.1, 0.15) is 5.75 Å². The zero-order valence-electron chi connectivity index (χ0n) is 28.5. The SMILES string of the molecule is Cc1cc([C@H]2C3=CC[C@@H]4C(=O)N(c5cc([N+](=O)[O-])c(N(C)C)c([N+](=O)[O-])c5)C(=O)[C@@H]4[C@@H]3C[C@H]3C(=O)N(c4ccccc4)C(=O)[C@@]23C)cc(C)c1O. The third-order valence-corrected chi connectivity index (χ3v) is 11.3. The summed E-state index contributed by atoms with van der Waals surface area (Å²) in [6.45, 7) is 5.25. The van der Waals surface area contributed by atoms with E-state index >= 15 is 0 Å². The van der Waals surface area contributed by atoms with Gasteiger partial charge in [-0.25, -0.2) is 9.80 Å². The number of aryl methyl sites for hydroxylation is 2. The van der Waals surface area contributed by atoms with Crippen LogP contribution in [0.1, 0.15) is 42.4 Å². The second-order valence-electron chi connectivity index (χ2n) is 14.3. The maximum atomic E-state index is 14.6. The van der Waals surface area contributed by atoms with Crippen LogP contribution >= 0.6 is 0 Å². The van der Waals surface area contributed by atoms with Gasteiger partial charge in [0.05, 0.1) is 44.4 Å². The number of aromatic hydroxyl groups is 1. The molecule has 3 fully saturated rings. The third-order valence-electron chi connectivity index (χ3n) is 11.3. The van der Waals surface area contributed by atoms with Crippen molar-refractivity contribution in [2.24, 2.45) is 29.1 Å². The molecular formula is C37H35N5O9. The van der Waals surface area contributed by atoms with E-state index in [-0.39, 0.29) is 30.0 Å². The number of hydrogen-bond acceptors (Lipinski definition) is 10. The number of rotatable bonds is 6. The Labute approximate surface area is 292 Å². The van der Waals surface area contributed by atoms with Gasteiger partial charge in [0.2, 0.25) is 23.6 Å². The molecule has 0 spiro atoms. The highest BCUT2D eigenvalue weighted by Gasteiger charge is 2.67. The summed E-state index contributed by atoms with van der Waals surface area (Å²) in [5.74, 6) is -6.22. The largest absolute Gasteiger partial charge is 0.507 e. The summed E-state index contributed by atoms with van der Waals surface area (Å²) in [5.41, 5.74) is -0.170. The van der Waals surface area contributed by atoms with Crippen molar-refractivity contribution in [2.45, 2.75) is 39.5 Å². The number of phenolic OH excluding ortho intramolecular Hbond substituents is 1. The van der Waals surface area contributed by atoms with Crippen molar-refractivity contribution in [3.8, 4) is 5.75 Å². The predicted molar refractivity (Wildman–Crippen MR) is 185 cm³/mol. The molecule has 2 heterocycles. The van der Waals surface area contributed by atoms with Gasteiger partial charge in [0.25, 0.3) is 0 Å². The average Bonchev–Trinajstić information content (AvgIpc) is 3.45. The van der Waals surface area contributed by atoms with Crippen molar-refractivity contribution in [1.29, 1.82) is 0 Å². The monoisotopic (exact) mass is 693 g/mol. The molecule has 51 heavy (non-hydrogen) atoms. The van der Waals surface area contributed by atoms with Crippen LogP contribution in [0.3, 0.4) is 0 Å². The smallest absolute Gasteiger partial charge is 0.301 e. The highest BCUT2D eigenvalue weighted by atomic mass is 16.6. The van der Waals surface area contributed by atoms with Crippen LogP contribution in [-0.4, -0.2) is 52.7 Å². The number of nitro benzene ring substituents is 2. The first-order valence-corrected chi connectivity index (χ1v) is 16.5. The Morgan fingerprint density at radius 3 is 1.96 bits per heavy atom. The number of para-hydroxylation sites is 1. The van der Waals surface area contributed by atoms with E-state index in [1.54, 1.807) is 63.2 Å². The van der Waals surface area contributed by atoms with Crippen molar-refractivity contribution in [1.82, 2.24) is 0 Å². The standard InChI is InChI=1S/C37H35N5O9/c1-18-13-20(14-19(2)32(18)43)30-23-11-12-24-29(25(23)17-26-34(45)40(36(47)37(26,30)3)21-9-7-6-8-10-21)35(46)39(33(24)44)22-15-27(41(48)49)31(38(4)5)28(16-22)42(50)51/h6-11,13-16,24-26,29-30,43H,12,17H2,1-5H3/t24-,25+,26-,29-,30-,37+/m0/s1. The first kappa shape index (κ1) is 33.6. The molecule has 3 aromatic carbocycles. The fourth-order valence-corrected chi connectivity index (χ4v) is 9.08. The van der Waals surface area contributed by atoms with E-state index in [4.69, 9.17) is 0 Å². The fourth-order valence-electron chi connectivity index (χ4n) is 9.08. The summed E-state index contributed by atoms with van der Waals surface area (Å²) in [6.07, 6.45) is 2.05. The van der Waals surface area contributed by atoms with Crippen molar-refractivity contribution >= 4 is 52.1 Å². The Balaban J connectivity index is 1.38. The van der Waals surface area contributed by atoms with Crippen LogP contribution in [0.25, 0.3) is 0 Å². The van der Waals surface area contributed by atoms with Crippen LogP contribution < -0.4 is 14.7 Å². The molecule has 2 aliphatic heterocycles. The van der Waals surface area contributed by atoms with Crippen LogP contribution in [0.2, 0.25) is 0 Å². The van der Waals surface area contributed by atoms with Gasteiger partial charge in [-0.2, -0.15) is 0 Å². The Morgan fingerprint density at radius 1 is 0.824 bits per heavy atom. The van der Waals surface area contributed by atoms with Crippen LogP contribution in [0.15, 0.2) is 66.2 Å². The van der Waals surface area contributed by atoms with Crippen LogP contribution in [-0.2, 0) is 19.2 Å². The zero-order valence-corrected chi connectivity index (χ0v) is 28.5. The van der Waals surface area contributed by atoms with E-state index in [0.29, 0.717) is 22.4 Å². The summed E-state index contributed by atoms with van der Waals surface area (Å²) < 4.78 is 0. The van der Waals surface area contributed by atoms with Gasteiger partial charge in [-0.3, -0.25) is 39.4 Å². The molecule has 2 aliphatic carbocycles. The Hall–Kier alpha value is -5.92. The first-order valence-electron chi connectivity index (χ1n) is 16.5. The van der Waals surface area contributed by atoms with Gasteiger partial charge < -0.3 is 10.0 Å². The van der Waals surface area contributed by atoms with Crippen LogP contribution in [0.5, 0.6) is 5.75 Å². The predicted octanol–water partition coefficient (Wildman–Crippen LogP) is 5.33. The van der Waals surface area contributed by atoms with Crippen molar-refractivity contribution in [3.05, 3.63) is 103 Å². The maximum Gasteiger partial charge on any atom is 0.301 e. The van der Waals surface area contributed by atoms with E-state index in [9.17, 15) is 44.5 Å². The molecule has 4 amide bonds. The third kappa shape index (κ3) is 4.68. The topological polar surface area (TPSA) is 185 Å². The molecule has 4 aliphatic rings. The molecule has 1 saturated carbocycles. The number of fused-ring (bicyclic) bond motifs is 4. The lowest BCUT2D eigenvalue weighted by molar-refractivity contribution is -0.392. The van der Waals surface area contributed by atoms with E-state index in [1.807, 2.05) is 6.08 Å². The number of amides is 4. The Bertz CT molecular complexity index is 2070. The number of nitro groups is 2. The molecule has 2 saturated heterocycles. The minimum atomic E-state index is -1.29. The number of allylic oxidation sites excluding steroid dienone is 2. The molecule has 262 valence electrons. The minimum Gasteiger partial charge on any atom is -0.507 e. The molecule has 6 atom stereocenters. The lowest BCUT2D eigenvalue weighted by atomic mass is 9.51. The molecule has 7 rings (SSSR count). The number of hydrogen-bond donors (Lipinski definition) is 1. The van der Waals surface area contributed by atoms with E-state index in [0.717, 1.165) is 22.6 Å². The number of imide groups is 2. The van der Waals surface area contributed by atoms with Crippen molar-refractivity contribution in [2.75, 3.05) is 28.8 Å². The molecule has 0 unspecified atom stereocenters. The minimum absolute atomic E-state index is 0.0800. The highest BCUT2D eigenvalue weighted by Crippen LogP contribution is 2.64. The van der Waals surface area contributed by atoms with E-state index in [2.05, 4.69) is 0 Å². The van der Waals surface area contributed by atoms with Crippen LogP contribution in [0, 0.1) is 63.2 Å². The lowest BCUT2D eigenvalue weighted by Gasteiger charge is -2.49. The molecule has 3 aromatic rings. The fraction of sp³-hybridized carbons (Fsp3) is 0.351. The summed E-state index contributed by atoms with van der Waals surface area (Å²) in [4.78, 5) is 83.4. The van der Waals surface area contributed by atoms with Crippen molar-refractivity contribution in [3.63, 3.8) is 0 Å². The highest BCUT2D eigenvalue weighted by molar-refractivity contribution is 6.25. The van der Waals surface area contributed by atoms with E-state index in [1.165, 1.54) is 23.9 Å². The quantitative estimate of drug-likeness (QED) is 0.153. The zero-order chi connectivity index (χ0) is 36.8. The number of benzene rings is 3. The van der Waals surface area contributed by atoms with Gasteiger partial charge in [0.15, 0.2) is 5.69 Å². The van der Waals surface area contributed by atoms with Gasteiger partial charge in [0, 0.05) is 32.1 Å². The molecule has 0 aromatic heterocycles. The second-order valence-corrected chi connectivity index (χ2v) is 14.3. The van der Waals surface area contributed by atoms with Crippen LogP contribution in [0.4, 0.5) is 28.4 Å². The molecule has 14 nitrogen and oxygen atoms in total. The second kappa shape index (κ2) is 11.6. The molecule has 14 heteroatoms. The number of nitrogens with zero attached hydrogens (tertiary/aromatic N) is 5. The summed E-state index contributed by atoms with van der Waals surface area (Å²) in [5, 5.41) is 34.9. The molecule has 0 bridgehead atoms. The molecule has 0 radical (unpaired) electrons. The number of phenols is 1.